The third kappa shape index (κ3) is 1.48. The molecule has 2 atom stereocenters. The first kappa shape index (κ1) is 9.07. The van der Waals surface area contributed by atoms with E-state index in [1.54, 1.807) is 0 Å². The largest absolute Gasteiger partial charge is 0.493 e. The van der Waals surface area contributed by atoms with Gasteiger partial charge in [0, 0.05) is 16.3 Å². The number of ether oxygens (including phenoxy) is 1. The van der Waals surface area contributed by atoms with Gasteiger partial charge in [0.1, 0.15) is 5.75 Å². The van der Waals surface area contributed by atoms with E-state index in [2.05, 4.69) is 48.0 Å². The van der Waals surface area contributed by atoms with Crippen molar-refractivity contribution < 1.29 is 4.74 Å². The molecule has 0 saturated carbocycles. The van der Waals surface area contributed by atoms with Crippen molar-refractivity contribution >= 4 is 15.9 Å². The Morgan fingerprint density at radius 3 is 3.00 bits per heavy atom. The summed E-state index contributed by atoms with van der Waals surface area (Å²) in [6, 6.07) is 6.28. The van der Waals surface area contributed by atoms with E-state index in [-0.39, 0.29) is 0 Å². The average Bonchev–Trinajstić information content (AvgIpc) is 2.48. The minimum absolute atomic E-state index is 0.409. The minimum atomic E-state index is 0.409. The van der Waals surface area contributed by atoms with Crippen LogP contribution in [0.1, 0.15) is 35.7 Å². The second-order valence-corrected chi connectivity index (χ2v) is 4.96. The molecule has 70 valence electrons. The quantitative estimate of drug-likeness (QED) is 0.682. The maximum absolute atomic E-state index is 5.58. The molecule has 1 aromatic rings. The van der Waals surface area contributed by atoms with Crippen LogP contribution in [0, 0.1) is 0 Å². The predicted octanol–water partition coefficient (Wildman–Crippen LogP) is 3.64. The first-order valence-corrected chi connectivity index (χ1v) is 5.51. The molecule has 1 aliphatic rings. The summed E-state index contributed by atoms with van der Waals surface area (Å²) >= 11 is 3.61. The van der Waals surface area contributed by atoms with E-state index in [9.17, 15) is 0 Å². The standard InChI is InChI=1S/C11H13BrO/c1-7-6-13-10-5-3-4-9(8(2)12)11(7)10/h3-5,7-8H,6H2,1-2H3. The van der Waals surface area contributed by atoms with Crippen LogP contribution in [0.5, 0.6) is 5.75 Å². The maximum atomic E-state index is 5.58. The SMILES string of the molecule is CC(Br)c1cccc2c1C(C)CO2. The van der Waals surface area contributed by atoms with Gasteiger partial charge in [0.05, 0.1) is 6.61 Å². The zero-order valence-corrected chi connectivity index (χ0v) is 9.47. The van der Waals surface area contributed by atoms with Crippen molar-refractivity contribution in [1.82, 2.24) is 0 Å². The lowest BCUT2D eigenvalue weighted by Crippen LogP contribution is -1.97. The highest BCUT2D eigenvalue weighted by Crippen LogP contribution is 2.40. The van der Waals surface area contributed by atoms with Crippen LogP contribution in [0.4, 0.5) is 0 Å². The van der Waals surface area contributed by atoms with E-state index in [4.69, 9.17) is 4.74 Å². The van der Waals surface area contributed by atoms with Crippen LogP contribution in [0.25, 0.3) is 0 Å². The summed E-state index contributed by atoms with van der Waals surface area (Å²) in [5, 5.41) is 0. The van der Waals surface area contributed by atoms with Gasteiger partial charge >= 0.3 is 0 Å². The molecule has 0 spiro atoms. The zero-order valence-electron chi connectivity index (χ0n) is 7.88. The van der Waals surface area contributed by atoms with Gasteiger partial charge in [0.25, 0.3) is 0 Å². The zero-order chi connectivity index (χ0) is 9.42. The lowest BCUT2D eigenvalue weighted by molar-refractivity contribution is 0.337. The van der Waals surface area contributed by atoms with E-state index in [1.165, 1.54) is 11.1 Å². The first-order chi connectivity index (χ1) is 6.20. The Morgan fingerprint density at radius 1 is 1.54 bits per heavy atom. The lowest BCUT2D eigenvalue weighted by Gasteiger charge is -2.11. The first-order valence-electron chi connectivity index (χ1n) is 4.60. The van der Waals surface area contributed by atoms with Gasteiger partial charge in [-0.3, -0.25) is 0 Å². The van der Waals surface area contributed by atoms with Gasteiger partial charge in [-0.05, 0) is 18.6 Å². The summed E-state index contributed by atoms with van der Waals surface area (Å²) in [6.45, 7) is 5.19. The number of hydrogen-bond donors (Lipinski definition) is 0. The van der Waals surface area contributed by atoms with Crippen molar-refractivity contribution in [3.05, 3.63) is 29.3 Å². The van der Waals surface area contributed by atoms with Gasteiger partial charge in [-0.2, -0.15) is 0 Å². The molecule has 0 bridgehead atoms. The molecular formula is C11H13BrO. The smallest absolute Gasteiger partial charge is 0.123 e. The van der Waals surface area contributed by atoms with Gasteiger partial charge in [0.15, 0.2) is 0 Å². The molecule has 13 heavy (non-hydrogen) atoms. The summed E-state index contributed by atoms with van der Waals surface area (Å²) in [4.78, 5) is 0.409. The second-order valence-electron chi connectivity index (χ2n) is 3.59. The van der Waals surface area contributed by atoms with Crippen LogP contribution in [0.2, 0.25) is 0 Å². The predicted molar refractivity (Wildman–Crippen MR) is 57.7 cm³/mol. The minimum Gasteiger partial charge on any atom is -0.493 e. The van der Waals surface area contributed by atoms with Gasteiger partial charge in [-0.25, -0.2) is 0 Å². The van der Waals surface area contributed by atoms with Crippen LogP contribution >= 0.6 is 15.9 Å². The van der Waals surface area contributed by atoms with E-state index < -0.39 is 0 Å². The molecular weight excluding hydrogens is 228 g/mol. The molecule has 0 fully saturated rings. The maximum Gasteiger partial charge on any atom is 0.123 e. The Bertz CT molecular complexity index is 320. The molecule has 0 amide bonds. The molecule has 1 nitrogen and oxygen atoms in total. The summed E-state index contributed by atoms with van der Waals surface area (Å²) in [5.74, 6) is 1.60. The van der Waals surface area contributed by atoms with Crippen molar-refractivity contribution in [1.29, 1.82) is 0 Å². The fourth-order valence-electron chi connectivity index (χ4n) is 1.86. The van der Waals surface area contributed by atoms with Crippen molar-refractivity contribution in [3.63, 3.8) is 0 Å². The molecule has 0 aromatic heterocycles. The normalized spacial score (nSPS) is 22.2. The fourth-order valence-corrected chi connectivity index (χ4v) is 2.26. The van der Waals surface area contributed by atoms with Crippen molar-refractivity contribution in [2.24, 2.45) is 0 Å². The number of fused-ring (bicyclic) bond motifs is 1. The molecule has 2 unspecified atom stereocenters. The van der Waals surface area contributed by atoms with Crippen LogP contribution < -0.4 is 4.74 Å². The number of halogens is 1. The Kier molecular flexibility index (Phi) is 2.33. The highest BCUT2D eigenvalue weighted by atomic mass is 79.9. The Morgan fingerprint density at radius 2 is 2.31 bits per heavy atom. The highest BCUT2D eigenvalue weighted by Gasteiger charge is 2.24. The fraction of sp³-hybridized carbons (Fsp3) is 0.455. The van der Waals surface area contributed by atoms with Gasteiger partial charge < -0.3 is 4.74 Å². The third-order valence-corrected chi connectivity index (χ3v) is 3.00. The highest BCUT2D eigenvalue weighted by molar-refractivity contribution is 9.09. The van der Waals surface area contributed by atoms with Crippen molar-refractivity contribution in [3.8, 4) is 5.75 Å². The van der Waals surface area contributed by atoms with Crippen LogP contribution in [0.15, 0.2) is 18.2 Å². The van der Waals surface area contributed by atoms with Gasteiger partial charge in [-0.15, -0.1) is 0 Å². The van der Waals surface area contributed by atoms with E-state index in [0.29, 0.717) is 10.7 Å². The summed E-state index contributed by atoms with van der Waals surface area (Å²) < 4.78 is 5.58. The van der Waals surface area contributed by atoms with E-state index >= 15 is 0 Å². The average molecular weight is 241 g/mol. The molecule has 2 rings (SSSR count). The Labute approximate surface area is 87.2 Å². The molecule has 1 heterocycles. The molecule has 0 aliphatic carbocycles. The van der Waals surface area contributed by atoms with E-state index in [0.717, 1.165) is 12.4 Å². The molecule has 0 radical (unpaired) electrons. The van der Waals surface area contributed by atoms with Crippen molar-refractivity contribution in [2.45, 2.75) is 24.6 Å². The topological polar surface area (TPSA) is 9.23 Å². The Balaban J connectivity index is 2.53. The molecule has 0 N–H and O–H groups in total. The number of benzene rings is 1. The van der Waals surface area contributed by atoms with Gasteiger partial charge in [0.2, 0.25) is 0 Å². The molecule has 1 aliphatic heterocycles. The lowest BCUT2D eigenvalue weighted by atomic mass is 9.96. The summed E-state index contributed by atoms with van der Waals surface area (Å²) in [6.07, 6.45) is 0. The van der Waals surface area contributed by atoms with Gasteiger partial charge in [-0.1, -0.05) is 35.0 Å². The summed E-state index contributed by atoms with van der Waals surface area (Å²) in [7, 11) is 0. The van der Waals surface area contributed by atoms with E-state index in [1.807, 2.05) is 0 Å². The second kappa shape index (κ2) is 3.33. The third-order valence-electron chi connectivity index (χ3n) is 2.51. The Hall–Kier alpha value is -0.500. The van der Waals surface area contributed by atoms with Crippen LogP contribution in [0.3, 0.4) is 0 Å². The monoisotopic (exact) mass is 240 g/mol. The van der Waals surface area contributed by atoms with Crippen LogP contribution in [-0.4, -0.2) is 6.61 Å². The molecule has 1 aromatic carbocycles. The number of rotatable bonds is 1. The van der Waals surface area contributed by atoms with Crippen molar-refractivity contribution in [2.75, 3.05) is 6.61 Å². The summed E-state index contributed by atoms with van der Waals surface area (Å²) in [5.41, 5.74) is 2.74. The molecule has 0 saturated heterocycles. The number of alkyl halides is 1. The molecule has 2 heteroatoms. The van der Waals surface area contributed by atoms with Crippen LogP contribution in [-0.2, 0) is 0 Å². The number of hydrogen-bond acceptors (Lipinski definition) is 1.